The van der Waals surface area contributed by atoms with Crippen molar-refractivity contribution in [3.63, 3.8) is 0 Å². The summed E-state index contributed by atoms with van der Waals surface area (Å²) in [6.45, 7) is 2.36. The summed E-state index contributed by atoms with van der Waals surface area (Å²) in [5.41, 5.74) is 0.820. The van der Waals surface area contributed by atoms with Crippen molar-refractivity contribution in [1.29, 1.82) is 0 Å². The molecular weight excluding hydrogens is 254 g/mol. The number of carbonyl (C=O) groups excluding carboxylic acids is 1. The molecule has 0 bridgehead atoms. The van der Waals surface area contributed by atoms with Crippen LogP contribution in [-0.2, 0) is 16.1 Å². The van der Waals surface area contributed by atoms with E-state index in [-0.39, 0.29) is 11.7 Å². The maximum Gasteiger partial charge on any atom is 0.313 e. The Bertz CT molecular complexity index is 443. The average Bonchev–Trinajstić information content (AvgIpc) is 2.63. The number of amides is 1. The number of carbonyl (C=O) groups is 2. The van der Waals surface area contributed by atoms with Crippen molar-refractivity contribution in [2.24, 2.45) is 0 Å². The maximum absolute atomic E-state index is 11.5. The topological polar surface area (TPSA) is 75.4 Å². The van der Waals surface area contributed by atoms with Crippen LogP contribution in [0.25, 0.3) is 0 Å². The molecule has 1 N–H and O–H groups in total. The number of aromatic nitrogens is 2. The normalized spacial score (nSPS) is 10.4. The molecule has 100 valence electrons. The monoisotopic (exact) mass is 271 g/mol. The third-order valence-electron chi connectivity index (χ3n) is 2.25. The number of aryl methyl sites for hydroxylation is 2. The largest absolute Gasteiger partial charge is 0.481 e. The summed E-state index contributed by atoms with van der Waals surface area (Å²) in [5, 5.41) is 9.28. The second-order valence-corrected chi connectivity index (χ2v) is 5.02. The van der Waals surface area contributed by atoms with E-state index >= 15 is 0 Å². The van der Waals surface area contributed by atoms with Crippen LogP contribution in [-0.4, -0.2) is 51.3 Å². The predicted molar refractivity (Wildman–Crippen MR) is 68.6 cm³/mol. The van der Waals surface area contributed by atoms with Gasteiger partial charge in [0.2, 0.25) is 5.91 Å². The number of imidazole rings is 1. The van der Waals surface area contributed by atoms with E-state index in [2.05, 4.69) is 4.98 Å². The molecule has 0 fully saturated rings. The van der Waals surface area contributed by atoms with Crippen molar-refractivity contribution in [3.05, 3.63) is 11.9 Å². The number of hydrogen-bond acceptors (Lipinski definition) is 4. The van der Waals surface area contributed by atoms with Gasteiger partial charge in [-0.05, 0) is 6.92 Å². The number of carboxylic acid groups (broad SMARTS) is 1. The molecule has 7 heteroatoms. The summed E-state index contributed by atoms with van der Waals surface area (Å²) in [6.07, 6.45) is 2.20. The number of nitrogens with zero attached hydrogens (tertiary/aromatic N) is 3. The molecule has 1 heterocycles. The first-order valence-corrected chi connectivity index (χ1v) is 6.47. The van der Waals surface area contributed by atoms with Crippen LogP contribution in [0.2, 0.25) is 0 Å². The first-order chi connectivity index (χ1) is 8.40. The van der Waals surface area contributed by atoms with Gasteiger partial charge in [-0.1, -0.05) is 11.8 Å². The molecule has 0 saturated heterocycles. The Hall–Kier alpha value is -1.50. The van der Waals surface area contributed by atoms with Gasteiger partial charge in [0.1, 0.15) is 0 Å². The van der Waals surface area contributed by atoms with E-state index in [1.807, 2.05) is 17.7 Å². The number of hydrogen-bond donors (Lipinski definition) is 1. The Morgan fingerprint density at radius 3 is 2.72 bits per heavy atom. The molecular formula is C11H17N3O3S. The molecule has 0 aliphatic carbocycles. The average molecular weight is 271 g/mol. The molecule has 18 heavy (non-hydrogen) atoms. The Labute approximate surface area is 110 Å². The zero-order valence-corrected chi connectivity index (χ0v) is 11.5. The second-order valence-electron chi connectivity index (χ2n) is 4.08. The van der Waals surface area contributed by atoms with Gasteiger partial charge in [0.05, 0.1) is 11.4 Å². The van der Waals surface area contributed by atoms with Gasteiger partial charge in [-0.3, -0.25) is 9.59 Å². The molecule has 0 aliphatic rings. The van der Waals surface area contributed by atoms with E-state index in [0.29, 0.717) is 18.1 Å². The lowest BCUT2D eigenvalue weighted by molar-refractivity contribution is -0.134. The van der Waals surface area contributed by atoms with Crippen LogP contribution in [0.5, 0.6) is 0 Å². The van der Waals surface area contributed by atoms with Crippen molar-refractivity contribution in [2.45, 2.75) is 25.0 Å². The summed E-state index contributed by atoms with van der Waals surface area (Å²) in [4.78, 5) is 27.8. The fourth-order valence-corrected chi connectivity index (χ4v) is 2.14. The SMILES string of the molecule is Cc1cn(CCC(=O)N(C)C)c(SCC(=O)O)n1. The second kappa shape index (κ2) is 6.44. The Morgan fingerprint density at radius 1 is 1.50 bits per heavy atom. The molecule has 1 amide bonds. The minimum absolute atomic E-state index is 0.0297. The van der Waals surface area contributed by atoms with Gasteiger partial charge in [-0.25, -0.2) is 4.98 Å². The minimum atomic E-state index is -0.878. The van der Waals surface area contributed by atoms with E-state index in [1.54, 1.807) is 14.1 Å². The summed E-state index contributed by atoms with van der Waals surface area (Å²) >= 11 is 1.16. The van der Waals surface area contributed by atoms with Gasteiger partial charge in [0.25, 0.3) is 0 Å². The van der Waals surface area contributed by atoms with E-state index in [1.165, 1.54) is 4.90 Å². The Balaban J connectivity index is 2.64. The molecule has 0 aliphatic heterocycles. The first-order valence-electron chi connectivity index (χ1n) is 5.48. The summed E-state index contributed by atoms with van der Waals surface area (Å²) < 4.78 is 1.82. The van der Waals surface area contributed by atoms with Crippen LogP contribution in [0.15, 0.2) is 11.4 Å². The third-order valence-corrected chi connectivity index (χ3v) is 3.23. The number of thioether (sulfide) groups is 1. The zero-order chi connectivity index (χ0) is 13.7. The third kappa shape index (κ3) is 4.40. The molecule has 1 aromatic heterocycles. The smallest absolute Gasteiger partial charge is 0.313 e. The quantitative estimate of drug-likeness (QED) is 0.776. The molecule has 0 saturated carbocycles. The standard InChI is InChI=1S/C11H17N3O3S/c1-8-6-14(5-4-9(15)13(2)3)11(12-8)18-7-10(16)17/h6H,4-5,7H2,1-3H3,(H,16,17). The molecule has 0 radical (unpaired) electrons. The van der Waals surface area contributed by atoms with Gasteiger partial charge in [0, 0.05) is 33.3 Å². The van der Waals surface area contributed by atoms with E-state index < -0.39 is 5.97 Å². The molecule has 0 unspecified atom stereocenters. The van der Waals surface area contributed by atoms with E-state index in [9.17, 15) is 9.59 Å². The van der Waals surface area contributed by atoms with Gasteiger partial charge >= 0.3 is 5.97 Å². The summed E-state index contributed by atoms with van der Waals surface area (Å²) in [6, 6.07) is 0. The summed E-state index contributed by atoms with van der Waals surface area (Å²) in [7, 11) is 3.42. The molecule has 6 nitrogen and oxygen atoms in total. The fourth-order valence-electron chi connectivity index (χ4n) is 1.37. The van der Waals surface area contributed by atoms with Crippen molar-refractivity contribution in [1.82, 2.24) is 14.5 Å². The first kappa shape index (κ1) is 14.6. The molecule has 0 aromatic carbocycles. The van der Waals surface area contributed by atoms with Gasteiger partial charge in [0.15, 0.2) is 5.16 Å². The fraction of sp³-hybridized carbons (Fsp3) is 0.545. The van der Waals surface area contributed by atoms with Crippen molar-refractivity contribution in [3.8, 4) is 0 Å². The van der Waals surface area contributed by atoms with Crippen molar-refractivity contribution >= 4 is 23.6 Å². The van der Waals surface area contributed by atoms with Gasteiger partial charge < -0.3 is 14.6 Å². The Morgan fingerprint density at radius 2 is 2.17 bits per heavy atom. The predicted octanol–water partition coefficient (Wildman–Crippen LogP) is 0.847. The lowest BCUT2D eigenvalue weighted by Crippen LogP contribution is -2.22. The summed E-state index contributed by atoms with van der Waals surface area (Å²) in [5.74, 6) is -0.870. The van der Waals surface area contributed by atoms with Gasteiger partial charge in [-0.2, -0.15) is 0 Å². The van der Waals surface area contributed by atoms with E-state index in [4.69, 9.17) is 5.11 Å². The lowest BCUT2D eigenvalue weighted by Gasteiger charge is -2.11. The highest BCUT2D eigenvalue weighted by atomic mass is 32.2. The van der Waals surface area contributed by atoms with Crippen LogP contribution in [0, 0.1) is 6.92 Å². The molecule has 0 spiro atoms. The highest BCUT2D eigenvalue weighted by Gasteiger charge is 2.10. The minimum Gasteiger partial charge on any atom is -0.481 e. The number of aliphatic carboxylic acids is 1. The Kier molecular flexibility index (Phi) is 5.21. The van der Waals surface area contributed by atoms with Crippen LogP contribution >= 0.6 is 11.8 Å². The van der Waals surface area contributed by atoms with Crippen molar-refractivity contribution in [2.75, 3.05) is 19.8 Å². The van der Waals surface area contributed by atoms with Crippen LogP contribution in [0.1, 0.15) is 12.1 Å². The van der Waals surface area contributed by atoms with Crippen molar-refractivity contribution < 1.29 is 14.7 Å². The maximum atomic E-state index is 11.5. The van der Waals surface area contributed by atoms with Crippen LogP contribution in [0.4, 0.5) is 0 Å². The molecule has 0 atom stereocenters. The number of carboxylic acids is 1. The van der Waals surface area contributed by atoms with Crippen LogP contribution < -0.4 is 0 Å². The molecule has 1 aromatic rings. The van der Waals surface area contributed by atoms with E-state index in [0.717, 1.165) is 17.5 Å². The van der Waals surface area contributed by atoms with Crippen LogP contribution in [0.3, 0.4) is 0 Å². The highest BCUT2D eigenvalue weighted by Crippen LogP contribution is 2.17. The molecule has 1 rings (SSSR count). The lowest BCUT2D eigenvalue weighted by atomic mass is 10.4. The van der Waals surface area contributed by atoms with Gasteiger partial charge in [-0.15, -0.1) is 0 Å². The zero-order valence-electron chi connectivity index (χ0n) is 10.7. The number of rotatable bonds is 6. The highest BCUT2D eigenvalue weighted by molar-refractivity contribution is 7.99.